The molecule has 1 aliphatic rings. The first kappa shape index (κ1) is 12.3. The minimum atomic E-state index is 0.0188. The summed E-state index contributed by atoms with van der Waals surface area (Å²) in [7, 11) is 0. The molecule has 1 aliphatic carbocycles. The van der Waals surface area contributed by atoms with Crippen LogP contribution in [0.5, 0.6) is 0 Å². The Morgan fingerprint density at radius 1 is 1.60 bits per heavy atom. The highest BCUT2D eigenvalue weighted by Crippen LogP contribution is 2.23. The summed E-state index contributed by atoms with van der Waals surface area (Å²) >= 11 is 0. The molecule has 0 amide bonds. The van der Waals surface area contributed by atoms with Crippen molar-refractivity contribution in [1.29, 1.82) is 0 Å². The minimum absolute atomic E-state index is 0.0188. The lowest BCUT2D eigenvalue weighted by Crippen LogP contribution is -2.47. The zero-order chi connectivity index (χ0) is 11.3. The van der Waals surface area contributed by atoms with Crippen LogP contribution in [0, 0.1) is 5.92 Å². The molecule has 0 aromatic rings. The first-order chi connectivity index (χ1) is 7.17. The molecule has 1 rings (SSSR count). The molecule has 88 valence electrons. The molecule has 0 heterocycles. The van der Waals surface area contributed by atoms with E-state index in [-0.39, 0.29) is 6.04 Å². The lowest BCUT2D eigenvalue weighted by atomic mass is 9.86. The Morgan fingerprint density at radius 2 is 2.33 bits per heavy atom. The summed E-state index contributed by atoms with van der Waals surface area (Å²) in [5.74, 6) is 1.09. The van der Waals surface area contributed by atoms with E-state index in [1.54, 1.807) is 0 Å². The van der Waals surface area contributed by atoms with Gasteiger partial charge in [-0.05, 0) is 25.2 Å². The Hall–Kier alpha value is -0.770. The van der Waals surface area contributed by atoms with Crippen LogP contribution < -0.4 is 11.1 Å². The van der Waals surface area contributed by atoms with E-state index in [2.05, 4.69) is 17.4 Å². The van der Waals surface area contributed by atoms with Gasteiger partial charge in [0.15, 0.2) is 5.84 Å². The summed E-state index contributed by atoms with van der Waals surface area (Å²) in [6.45, 7) is 4.33. The standard InChI is InChI=1S/C11H23N3O/c1-3-10(11(12)14-15)13-9-6-4-5-8(2)7-9/h8-10,13,15H,3-7H2,1-2H3,(H2,12,14). The molecule has 0 aliphatic heterocycles. The van der Waals surface area contributed by atoms with Gasteiger partial charge in [-0.3, -0.25) is 0 Å². The molecule has 1 saturated carbocycles. The van der Waals surface area contributed by atoms with Gasteiger partial charge in [0.05, 0.1) is 6.04 Å². The molecule has 4 N–H and O–H groups in total. The molecule has 3 unspecified atom stereocenters. The molecule has 0 aromatic carbocycles. The van der Waals surface area contributed by atoms with Gasteiger partial charge < -0.3 is 16.3 Å². The summed E-state index contributed by atoms with van der Waals surface area (Å²) in [4.78, 5) is 0. The van der Waals surface area contributed by atoms with E-state index in [1.807, 2.05) is 6.92 Å². The van der Waals surface area contributed by atoms with E-state index in [4.69, 9.17) is 10.9 Å². The van der Waals surface area contributed by atoms with Gasteiger partial charge in [0.2, 0.25) is 0 Å². The normalized spacial score (nSPS) is 30.1. The molecule has 0 aromatic heterocycles. The second-order valence-electron chi connectivity index (χ2n) is 4.62. The lowest BCUT2D eigenvalue weighted by molar-refractivity contribution is 0.285. The van der Waals surface area contributed by atoms with Crippen LogP contribution in [0.2, 0.25) is 0 Å². The second kappa shape index (κ2) is 5.95. The van der Waals surface area contributed by atoms with Crippen LogP contribution in [0.25, 0.3) is 0 Å². The highest BCUT2D eigenvalue weighted by atomic mass is 16.4. The third-order valence-corrected chi connectivity index (χ3v) is 3.25. The van der Waals surface area contributed by atoms with Crippen molar-refractivity contribution in [2.24, 2.45) is 16.8 Å². The third kappa shape index (κ3) is 3.70. The fourth-order valence-electron chi connectivity index (χ4n) is 2.35. The number of hydrogen-bond donors (Lipinski definition) is 3. The van der Waals surface area contributed by atoms with E-state index in [0.717, 1.165) is 12.3 Å². The second-order valence-corrected chi connectivity index (χ2v) is 4.62. The first-order valence-corrected chi connectivity index (χ1v) is 5.90. The van der Waals surface area contributed by atoms with Crippen molar-refractivity contribution in [1.82, 2.24) is 5.32 Å². The zero-order valence-electron chi connectivity index (χ0n) is 9.74. The molecule has 4 nitrogen and oxygen atoms in total. The molecule has 0 spiro atoms. The maximum Gasteiger partial charge on any atom is 0.156 e. The van der Waals surface area contributed by atoms with Crippen molar-refractivity contribution in [2.75, 3.05) is 0 Å². The molecule has 3 atom stereocenters. The van der Waals surface area contributed by atoms with Crippen LogP contribution in [0.3, 0.4) is 0 Å². The molecule has 15 heavy (non-hydrogen) atoms. The van der Waals surface area contributed by atoms with Crippen molar-refractivity contribution < 1.29 is 5.21 Å². The smallest absolute Gasteiger partial charge is 0.156 e. The van der Waals surface area contributed by atoms with Gasteiger partial charge in [-0.1, -0.05) is 31.8 Å². The van der Waals surface area contributed by atoms with Crippen LogP contribution >= 0.6 is 0 Å². The highest BCUT2D eigenvalue weighted by molar-refractivity contribution is 5.85. The number of amidine groups is 1. The summed E-state index contributed by atoms with van der Waals surface area (Å²) in [5, 5.41) is 15.2. The number of rotatable bonds is 4. The van der Waals surface area contributed by atoms with E-state index in [1.165, 1.54) is 25.7 Å². The monoisotopic (exact) mass is 213 g/mol. The fourth-order valence-corrected chi connectivity index (χ4v) is 2.35. The molecule has 0 radical (unpaired) electrons. The van der Waals surface area contributed by atoms with Gasteiger partial charge in [0, 0.05) is 6.04 Å². The fraction of sp³-hybridized carbons (Fsp3) is 0.909. The Morgan fingerprint density at radius 3 is 2.87 bits per heavy atom. The summed E-state index contributed by atoms with van der Waals surface area (Å²) in [6, 6.07) is 0.546. The Kier molecular flexibility index (Phi) is 4.88. The van der Waals surface area contributed by atoms with Crippen molar-refractivity contribution in [2.45, 2.75) is 58.0 Å². The van der Waals surface area contributed by atoms with Crippen molar-refractivity contribution in [3.8, 4) is 0 Å². The molecule has 0 saturated heterocycles. The largest absolute Gasteiger partial charge is 0.409 e. The SMILES string of the molecule is CCC(NC1CCCC(C)C1)C(N)=NO. The minimum Gasteiger partial charge on any atom is -0.409 e. The van der Waals surface area contributed by atoms with E-state index in [9.17, 15) is 0 Å². The number of nitrogens with zero attached hydrogens (tertiary/aromatic N) is 1. The molecule has 0 bridgehead atoms. The van der Waals surface area contributed by atoms with E-state index >= 15 is 0 Å². The van der Waals surface area contributed by atoms with Gasteiger partial charge in [-0.15, -0.1) is 0 Å². The number of hydrogen-bond acceptors (Lipinski definition) is 3. The van der Waals surface area contributed by atoms with Crippen LogP contribution in [0.15, 0.2) is 5.16 Å². The van der Waals surface area contributed by atoms with Crippen LogP contribution in [0.4, 0.5) is 0 Å². The topological polar surface area (TPSA) is 70.6 Å². The predicted octanol–water partition coefficient (Wildman–Crippen LogP) is 1.68. The Labute approximate surface area is 91.9 Å². The quantitative estimate of drug-likeness (QED) is 0.288. The maximum atomic E-state index is 8.64. The molecular weight excluding hydrogens is 190 g/mol. The van der Waals surface area contributed by atoms with Gasteiger partial charge >= 0.3 is 0 Å². The average molecular weight is 213 g/mol. The summed E-state index contributed by atoms with van der Waals surface area (Å²) in [6.07, 6.45) is 5.89. The van der Waals surface area contributed by atoms with Crippen LogP contribution in [-0.2, 0) is 0 Å². The van der Waals surface area contributed by atoms with Crippen molar-refractivity contribution >= 4 is 5.84 Å². The predicted molar refractivity (Wildman–Crippen MR) is 62.0 cm³/mol. The Bertz CT molecular complexity index is 218. The first-order valence-electron chi connectivity index (χ1n) is 5.90. The molecular formula is C11H23N3O. The van der Waals surface area contributed by atoms with Gasteiger partial charge in [-0.25, -0.2) is 0 Å². The average Bonchev–Trinajstić information content (AvgIpc) is 2.25. The number of nitrogens with one attached hydrogen (secondary N) is 1. The van der Waals surface area contributed by atoms with Crippen LogP contribution in [0.1, 0.15) is 46.0 Å². The van der Waals surface area contributed by atoms with E-state index in [0.29, 0.717) is 11.9 Å². The summed E-state index contributed by atoms with van der Waals surface area (Å²) in [5.41, 5.74) is 5.62. The van der Waals surface area contributed by atoms with Gasteiger partial charge in [0.25, 0.3) is 0 Å². The zero-order valence-corrected chi connectivity index (χ0v) is 9.74. The van der Waals surface area contributed by atoms with Gasteiger partial charge in [-0.2, -0.15) is 0 Å². The maximum absolute atomic E-state index is 8.64. The number of nitrogens with two attached hydrogens (primary N) is 1. The van der Waals surface area contributed by atoms with Gasteiger partial charge in [0.1, 0.15) is 0 Å². The highest BCUT2D eigenvalue weighted by Gasteiger charge is 2.22. The number of oxime groups is 1. The molecule has 1 fully saturated rings. The summed E-state index contributed by atoms with van der Waals surface area (Å²) < 4.78 is 0. The third-order valence-electron chi connectivity index (χ3n) is 3.25. The van der Waals surface area contributed by atoms with Crippen molar-refractivity contribution in [3.05, 3.63) is 0 Å². The van der Waals surface area contributed by atoms with E-state index < -0.39 is 0 Å². The van der Waals surface area contributed by atoms with Crippen LogP contribution in [-0.4, -0.2) is 23.1 Å². The van der Waals surface area contributed by atoms with Crippen molar-refractivity contribution in [3.63, 3.8) is 0 Å². The Balaban J connectivity index is 2.44. The lowest BCUT2D eigenvalue weighted by Gasteiger charge is -2.30. The molecule has 4 heteroatoms.